The number of phenolic OH excluding ortho intramolecular Hbond substituents is 1. The Hall–Kier alpha value is -1.81. The fourth-order valence-corrected chi connectivity index (χ4v) is 2.19. The largest absolute Gasteiger partial charge is 0.508 e. The lowest BCUT2D eigenvalue weighted by molar-refractivity contribution is 0.299. The van der Waals surface area contributed by atoms with Gasteiger partial charge in [-0.1, -0.05) is 12.1 Å². The van der Waals surface area contributed by atoms with Crippen LogP contribution >= 0.6 is 0 Å². The van der Waals surface area contributed by atoms with E-state index >= 15 is 0 Å². The van der Waals surface area contributed by atoms with Crippen LogP contribution in [0.5, 0.6) is 5.75 Å². The van der Waals surface area contributed by atoms with E-state index in [0.717, 1.165) is 22.5 Å². The molecule has 0 fully saturated rings. The summed E-state index contributed by atoms with van der Waals surface area (Å²) in [6.45, 7) is 4.73. The monoisotopic (exact) mass is 246 g/mol. The van der Waals surface area contributed by atoms with Gasteiger partial charge >= 0.3 is 0 Å². The quantitative estimate of drug-likeness (QED) is 0.864. The number of aliphatic hydroxyl groups is 1. The van der Waals surface area contributed by atoms with Crippen molar-refractivity contribution in [1.29, 1.82) is 0 Å². The summed E-state index contributed by atoms with van der Waals surface area (Å²) in [7, 11) is 0. The van der Waals surface area contributed by atoms with E-state index in [1.807, 2.05) is 30.7 Å². The van der Waals surface area contributed by atoms with Gasteiger partial charge in [0, 0.05) is 12.3 Å². The van der Waals surface area contributed by atoms with Crippen LogP contribution < -0.4 is 0 Å². The van der Waals surface area contributed by atoms with Crippen molar-refractivity contribution in [1.82, 2.24) is 9.78 Å². The Morgan fingerprint density at radius 2 is 2.06 bits per heavy atom. The molecule has 1 heterocycles. The molecule has 0 aliphatic rings. The average Bonchev–Trinajstić information content (AvgIpc) is 2.57. The number of rotatable bonds is 4. The Morgan fingerprint density at radius 1 is 1.28 bits per heavy atom. The van der Waals surface area contributed by atoms with E-state index < -0.39 is 0 Å². The van der Waals surface area contributed by atoms with Crippen molar-refractivity contribution in [3.63, 3.8) is 0 Å². The fourth-order valence-electron chi connectivity index (χ4n) is 2.19. The molecule has 0 aliphatic heterocycles. The number of hydrogen-bond acceptors (Lipinski definition) is 3. The van der Waals surface area contributed by atoms with Crippen LogP contribution in [-0.4, -0.2) is 26.6 Å². The molecule has 96 valence electrons. The molecule has 0 radical (unpaired) electrons. The highest BCUT2D eigenvalue weighted by Gasteiger charge is 2.11. The Morgan fingerprint density at radius 3 is 2.72 bits per heavy atom. The molecule has 1 aromatic carbocycles. The lowest BCUT2D eigenvalue weighted by Crippen LogP contribution is -2.04. The number of phenols is 1. The second kappa shape index (κ2) is 5.23. The number of benzene rings is 1. The molecule has 4 nitrogen and oxygen atoms in total. The smallest absolute Gasteiger partial charge is 0.115 e. The minimum Gasteiger partial charge on any atom is -0.508 e. The van der Waals surface area contributed by atoms with Gasteiger partial charge in [-0.05, 0) is 43.5 Å². The van der Waals surface area contributed by atoms with Gasteiger partial charge in [-0.2, -0.15) is 5.10 Å². The van der Waals surface area contributed by atoms with Gasteiger partial charge < -0.3 is 10.2 Å². The molecule has 18 heavy (non-hydrogen) atoms. The molecule has 0 bridgehead atoms. The molecular formula is C14H18N2O2. The third-order valence-corrected chi connectivity index (χ3v) is 3.14. The summed E-state index contributed by atoms with van der Waals surface area (Å²) in [6.07, 6.45) is 0.637. The van der Waals surface area contributed by atoms with Gasteiger partial charge in [0.2, 0.25) is 0 Å². The zero-order chi connectivity index (χ0) is 13.1. The Kier molecular flexibility index (Phi) is 3.67. The van der Waals surface area contributed by atoms with Crippen LogP contribution in [0.25, 0.3) is 0 Å². The Bertz CT molecular complexity index is 547. The average molecular weight is 246 g/mol. The molecule has 2 rings (SSSR count). The van der Waals surface area contributed by atoms with Crippen LogP contribution in [0.15, 0.2) is 24.3 Å². The predicted octanol–water partition coefficient (Wildman–Crippen LogP) is 1.79. The molecule has 0 aliphatic carbocycles. The second-order valence-corrected chi connectivity index (χ2v) is 4.45. The first-order valence-electron chi connectivity index (χ1n) is 6.03. The summed E-state index contributed by atoms with van der Waals surface area (Å²) in [5.74, 6) is 0.268. The minimum atomic E-state index is 0.138. The first-order chi connectivity index (χ1) is 8.61. The summed E-state index contributed by atoms with van der Waals surface area (Å²) >= 11 is 0. The van der Waals surface area contributed by atoms with E-state index in [1.165, 1.54) is 0 Å². The van der Waals surface area contributed by atoms with Crippen LogP contribution in [0, 0.1) is 13.8 Å². The molecule has 0 amide bonds. The predicted molar refractivity (Wildman–Crippen MR) is 69.7 cm³/mol. The van der Waals surface area contributed by atoms with Gasteiger partial charge in [0.1, 0.15) is 5.75 Å². The maximum absolute atomic E-state index is 9.44. The third kappa shape index (κ3) is 2.54. The topological polar surface area (TPSA) is 58.3 Å². The SMILES string of the molecule is Cc1nn(Cc2cccc(O)c2)c(C)c1CCO. The summed E-state index contributed by atoms with van der Waals surface area (Å²) in [5.41, 5.74) is 4.15. The van der Waals surface area contributed by atoms with Crippen molar-refractivity contribution < 1.29 is 10.2 Å². The zero-order valence-corrected chi connectivity index (χ0v) is 10.7. The summed E-state index contributed by atoms with van der Waals surface area (Å²) in [4.78, 5) is 0. The van der Waals surface area contributed by atoms with Crippen LogP contribution in [-0.2, 0) is 13.0 Å². The first kappa shape index (κ1) is 12.6. The molecule has 0 unspecified atom stereocenters. The van der Waals surface area contributed by atoms with Crippen molar-refractivity contribution in [3.8, 4) is 5.75 Å². The van der Waals surface area contributed by atoms with Crippen molar-refractivity contribution in [2.45, 2.75) is 26.8 Å². The molecule has 2 aromatic rings. The number of aryl methyl sites for hydroxylation is 1. The van der Waals surface area contributed by atoms with Crippen molar-refractivity contribution >= 4 is 0 Å². The molecule has 2 N–H and O–H groups in total. The van der Waals surface area contributed by atoms with Gasteiger partial charge in [0.05, 0.1) is 12.2 Å². The number of aromatic hydroxyl groups is 1. The maximum Gasteiger partial charge on any atom is 0.115 e. The van der Waals surface area contributed by atoms with E-state index in [-0.39, 0.29) is 12.4 Å². The van der Waals surface area contributed by atoms with Gasteiger partial charge in [-0.3, -0.25) is 4.68 Å². The van der Waals surface area contributed by atoms with Crippen LogP contribution in [0.2, 0.25) is 0 Å². The van der Waals surface area contributed by atoms with Crippen LogP contribution in [0.1, 0.15) is 22.5 Å². The number of aliphatic hydroxyl groups excluding tert-OH is 1. The highest BCUT2D eigenvalue weighted by atomic mass is 16.3. The number of nitrogens with zero attached hydrogens (tertiary/aromatic N) is 2. The molecule has 0 saturated carbocycles. The molecular weight excluding hydrogens is 228 g/mol. The summed E-state index contributed by atoms with van der Waals surface area (Å²) in [5, 5.41) is 23.0. The zero-order valence-electron chi connectivity index (χ0n) is 10.7. The molecule has 0 saturated heterocycles. The number of hydrogen-bond donors (Lipinski definition) is 2. The van der Waals surface area contributed by atoms with Gasteiger partial charge in [0.25, 0.3) is 0 Å². The minimum absolute atomic E-state index is 0.138. The van der Waals surface area contributed by atoms with Gasteiger partial charge in [-0.15, -0.1) is 0 Å². The van der Waals surface area contributed by atoms with Crippen molar-refractivity contribution in [2.75, 3.05) is 6.61 Å². The standard InChI is InChI=1S/C14H18N2O2/c1-10-14(6-7-17)11(2)16(15-10)9-12-4-3-5-13(18)8-12/h3-5,8,17-18H,6-7,9H2,1-2H3. The van der Waals surface area contributed by atoms with E-state index in [2.05, 4.69) is 5.10 Å². The third-order valence-electron chi connectivity index (χ3n) is 3.14. The van der Waals surface area contributed by atoms with Crippen molar-refractivity contribution in [3.05, 3.63) is 46.8 Å². The highest BCUT2D eigenvalue weighted by Crippen LogP contribution is 2.17. The lowest BCUT2D eigenvalue weighted by Gasteiger charge is -2.06. The van der Waals surface area contributed by atoms with Gasteiger partial charge in [-0.25, -0.2) is 0 Å². The summed E-state index contributed by atoms with van der Waals surface area (Å²) < 4.78 is 1.91. The molecule has 1 aromatic heterocycles. The van der Waals surface area contributed by atoms with E-state index in [0.29, 0.717) is 13.0 Å². The second-order valence-electron chi connectivity index (χ2n) is 4.45. The molecule has 0 atom stereocenters. The van der Waals surface area contributed by atoms with E-state index in [9.17, 15) is 5.11 Å². The van der Waals surface area contributed by atoms with Gasteiger partial charge in [0.15, 0.2) is 0 Å². The van der Waals surface area contributed by atoms with E-state index in [1.54, 1.807) is 12.1 Å². The van der Waals surface area contributed by atoms with Crippen molar-refractivity contribution in [2.24, 2.45) is 0 Å². The lowest BCUT2D eigenvalue weighted by atomic mass is 10.1. The highest BCUT2D eigenvalue weighted by molar-refractivity contribution is 5.29. The fraction of sp³-hybridized carbons (Fsp3) is 0.357. The van der Waals surface area contributed by atoms with Crippen LogP contribution in [0.4, 0.5) is 0 Å². The Labute approximate surface area is 107 Å². The molecule has 4 heteroatoms. The Balaban J connectivity index is 2.27. The maximum atomic E-state index is 9.44. The normalized spacial score (nSPS) is 10.8. The summed E-state index contributed by atoms with van der Waals surface area (Å²) in [6, 6.07) is 7.18. The first-order valence-corrected chi connectivity index (χ1v) is 6.03. The van der Waals surface area contributed by atoms with Crippen LogP contribution in [0.3, 0.4) is 0 Å². The molecule has 0 spiro atoms. The van der Waals surface area contributed by atoms with E-state index in [4.69, 9.17) is 5.11 Å². The number of aromatic nitrogens is 2.